The van der Waals surface area contributed by atoms with Crippen molar-refractivity contribution < 1.29 is 42.8 Å². The third-order valence-electron chi connectivity index (χ3n) is 5.13. The molecule has 2 aromatic rings. The highest BCUT2D eigenvalue weighted by atomic mass is 31.2. The molecule has 0 radical (unpaired) electrons. The van der Waals surface area contributed by atoms with Crippen molar-refractivity contribution >= 4 is 27.3 Å². The lowest BCUT2D eigenvalue weighted by atomic mass is 10.2. The van der Waals surface area contributed by atoms with Crippen molar-refractivity contribution in [3.05, 3.63) is 72.4 Å². The molecule has 3 N–H and O–H groups in total. The summed E-state index contributed by atoms with van der Waals surface area (Å²) in [4.78, 5) is 38.1. The van der Waals surface area contributed by atoms with E-state index in [4.69, 9.17) is 18.5 Å². The van der Waals surface area contributed by atoms with Crippen LogP contribution in [0.2, 0.25) is 0 Å². The zero-order chi connectivity index (χ0) is 23.9. The zero-order valence-corrected chi connectivity index (χ0v) is 19.1. The number of hydrogen-bond donors (Lipinski definition) is 3. The van der Waals surface area contributed by atoms with Gasteiger partial charge in [0, 0.05) is 24.4 Å². The number of hydrogen-bond acceptors (Lipinski definition) is 9. The number of aliphatic hydroxyl groups is 1. The number of benzene rings is 1. The Morgan fingerprint density at radius 1 is 1.27 bits per heavy atom. The second-order valence-corrected chi connectivity index (χ2v) is 12.1. The van der Waals surface area contributed by atoms with Crippen molar-refractivity contribution in [2.24, 2.45) is 0 Å². The summed E-state index contributed by atoms with van der Waals surface area (Å²) < 4.78 is 34.1. The summed E-state index contributed by atoms with van der Waals surface area (Å²) in [7, 11) is -8.92. The molecule has 2 aliphatic rings. The predicted octanol–water partition coefficient (Wildman–Crippen LogP) is 2.78. The van der Waals surface area contributed by atoms with Crippen molar-refractivity contribution in [2.75, 3.05) is 13.2 Å². The first-order chi connectivity index (χ1) is 15.5. The van der Waals surface area contributed by atoms with Gasteiger partial charge in [-0.2, -0.15) is 0 Å². The zero-order valence-electron chi connectivity index (χ0n) is 17.3. The number of amides is 1. The number of carbonyl (C=O) groups excluding carboxylic acids is 1. The molecular weight excluding hydrogens is 474 g/mol. The quantitative estimate of drug-likeness (QED) is 0.403. The fourth-order valence-electron chi connectivity index (χ4n) is 3.30. The molecule has 2 fully saturated rings. The van der Waals surface area contributed by atoms with Crippen molar-refractivity contribution in [2.45, 2.75) is 17.8 Å². The largest absolute Gasteiger partial charge is 0.447 e. The molecule has 0 saturated carbocycles. The number of carbonyl (C=O) groups is 1. The van der Waals surface area contributed by atoms with E-state index in [0.29, 0.717) is 17.9 Å². The van der Waals surface area contributed by atoms with Crippen LogP contribution in [0.5, 0.6) is 5.75 Å². The minimum Gasteiger partial charge on any atom is -0.447 e. The Morgan fingerprint density at radius 2 is 2.00 bits per heavy atom. The Kier molecular flexibility index (Phi) is 6.24. The van der Waals surface area contributed by atoms with Gasteiger partial charge in [-0.05, 0) is 36.6 Å². The summed E-state index contributed by atoms with van der Waals surface area (Å²) in [6.45, 7) is 4.25. The molecule has 1 aromatic carbocycles. The highest BCUT2D eigenvalue weighted by Crippen LogP contribution is 2.78. The van der Waals surface area contributed by atoms with Crippen LogP contribution in [0.3, 0.4) is 0 Å². The Morgan fingerprint density at radius 3 is 2.58 bits per heavy atom. The summed E-state index contributed by atoms with van der Waals surface area (Å²) in [6, 6.07) is 9.09. The van der Waals surface area contributed by atoms with Gasteiger partial charge >= 0.3 is 13.7 Å². The van der Waals surface area contributed by atoms with Crippen LogP contribution in [0.15, 0.2) is 61.3 Å². The highest BCUT2D eigenvalue weighted by Gasteiger charge is 2.62. The lowest BCUT2D eigenvalue weighted by Crippen LogP contribution is -2.38. The van der Waals surface area contributed by atoms with Gasteiger partial charge in [-0.15, -0.1) is 0 Å². The predicted molar refractivity (Wildman–Crippen MR) is 118 cm³/mol. The number of rotatable bonds is 6. The molecule has 2 aliphatic heterocycles. The first-order valence-corrected chi connectivity index (χ1v) is 13.1. The number of aromatic nitrogens is 1. The summed E-state index contributed by atoms with van der Waals surface area (Å²) in [5, 5.41) is 8.35. The van der Waals surface area contributed by atoms with E-state index in [1.54, 1.807) is 12.1 Å². The van der Waals surface area contributed by atoms with Crippen LogP contribution < -0.4 is 4.74 Å². The Hall–Kier alpha value is -2.49. The standard InChI is InChI=1S/C20H22N2O9P2/c1-14(22-10-11-28-19(22)23)29-17-7-5-16(6-8-17)18-30-32(2,25)20(24,33(26,27)31-18)12-15-4-3-9-21-13-15/h3-9,13,18,24-25H,1-2,10-12H2,(H,26,27). The summed E-state index contributed by atoms with van der Waals surface area (Å²) in [5.74, 6) is 0.396. The average molecular weight is 496 g/mol. The van der Waals surface area contributed by atoms with E-state index >= 15 is 0 Å². The molecule has 13 heteroatoms. The molecule has 4 rings (SSSR count). The van der Waals surface area contributed by atoms with Crippen LogP contribution >= 0.6 is 14.9 Å². The molecule has 0 aliphatic carbocycles. The topological polar surface area (TPSA) is 148 Å². The lowest BCUT2D eigenvalue weighted by Gasteiger charge is -2.45. The molecule has 4 unspecified atom stereocenters. The van der Waals surface area contributed by atoms with Gasteiger partial charge in [-0.25, -0.2) is 9.69 Å². The van der Waals surface area contributed by atoms with Gasteiger partial charge in [-0.1, -0.05) is 18.2 Å². The molecule has 2 saturated heterocycles. The Balaban J connectivity index is 1.50. The molecule has 0 bridgehead atoms. The number of ether oxygens (including phenoxy) is 2. The van der Waals surface area contributed by atoms with Gasteiger partial charge in [0.05, 0.1) is 6.54 Å². The van der Waals surface area contributed by atoms with E-state index in [0.717, 1.165) is 0 Å². The normalized spacial score (nSPS) is 31.8. The smallest absolute Gasteiger partial charge is 0.416 e. The van der Waals surface area contributed by atoms with E-state index in [-0.39, 0.29) is 18.1 Å². The third-order valence-corrected chi connectivity index (χ3v) is 10.2. The van der Waals surface area contributed by atoms with Crippen molar-refractivity contribution in [3.63, 3.8) is 0 Å². The third kappa shape index (κ3) is 4.49. The number of pyridine rings is 1. The summed E-state index contributed by atoms with van der Waals surface area (Å²) >= 11 is 0. The first-order valence-electron chi connectivity index (χ1n) is 9.71. The molecule has 4 atom stereocenters. The Bertz CT molecular complexity index is 1130. The molecule has 0 spiro atoms. The summed E-state index contributed by atoms with van der Waals surface area (Å²) in [5.41, 5.74) is 0.666. The average Bonchev–Trinajstić information content (AvgIpc) is 3.19. The first kappa shape index (κ1) is 23.7. The fourth-order valence-corrected chi connectivity index (χ4v) is 7.29. The van der Waals surface area contributed by atoms with Gasteiger partial charge in [0.2, 0.25) is 5.08 Å². The minimum absolute atomic E-state index is 0.0776. The maximum absolute atomic E-state index is 13.0. The van der Waals surface area contributed by atoms with Crippen LogP contribution in [-0.4, -0.2) is 55.4 Å². The van der Waals surface area contributed by atoms with Crippen LogP contribution in [0.1, 0.15) is 17.4 Å². The maximum Gasteiger partial charge on any atom is 0.416 e. The van der Waals surface area contributed by atoms with Gasteiger partial charge in [0.25, 0.3) is 0 Å². The van der Waals surface area contributed by atoms with E-state index in [1.165, 1.54) is 41.6 Å². The van der Waals surface area contributed by atoms with E-state index < -0.39 is 38.8 Å². The molecular formula is C20H22N2O9P2. The van der Waals surface area contributed by atoms with Crippen molar-refractivity contribution in [1.82, 2.24) is 9.88 Å². The van der Waals surface area contributed by atoms with Crippen LogP contribution in [0.4, 0.5) is 4.79 Å². The monoisotopic (exact) mass is 496 g/mol. The van der Waals surface area contributed by atoms with Gasteiger partial charge in [0.15, 0.2) is 19.5 Å². The van der Waals surface area contributed by atoms with Crippen molar-refractivity contribution in [1.29, 1.82) is 0 Å². The second-order valence-electron chi connectivity index (χ2n) is 7.41. The molecule has 33 heavy (non-hydrogen) atoms. The van der Waals surface area contributed by atoms with Crippen molar-refractivity contribution in [3.8, 4) is 5.75 Å². The number of cyclic esters (lactones) is 1. The molecule has 1 amide bonds. The highest BCUT2D eigenvalue weighted by molar-refractivity contribution is 7.78. The minimum atomic E-state index is -4.84. The van der Waals surface area contributed by atoms with Gasteiger partial charge < -0.3 is 24.4 Å². The summed E-state index contributed by atoms with van der Waals surface area (Å²) in [6.07, 6.45) is 3.96. The molecule has 3 heterocycles. The van der Waals surface area contributed by atoms with Crippen LogP contribution in [0.25, 0.3) is 0 Å². The Labute approximate surface area is 189 Å². The van der Waals surface area contributed by atoms with Crippen LogP contribution in [0, 0.1) is 0 Å². The SMILES string of the molecule is C=C(Oc1ccc(C2OP(=C)(O)C(O)(Cc3cccnc3)P(=O)(O)O2)cc1)N1CCOC1=O. The molecule has 11 nitrogen and oxygen atoms in total. The lowest BCUT2D eigenvalue weighted by molar-refractivity contribution is -0.0473. The second kappa shape index (κ2) is 8.70. The molecule has 176 valence electrons. The van der Waals surface area contributed by atoms with Crippen LogP contribution in [-0.2, 0) is 24.8 Å². The van der Waals surface area contributed by atoms with Gasteiger partial charge in [0.1, 0.15) is 12.4 Å². The maximum atomic E-state index is 13.0. The fraction of sp³-hybridized carbons (Fsp3) is 0.250. The van der Waals surface area contributed by atoms with E-state index in [2.05, 4.69) is 17.9 Å². The van der Waals surface area contributed by atoms with E-state index in [1.807, 2.05) is 0 Å². The van der Waals surface area contributed by atoms with Gasteiger partial charge in [-0.3, -0.25) is 18.6 Å². The number of nitrogens with zero attached hydrogens (tertiary/aromatic N) is 2. The van der Waals surface area contributed by atoms with E-state index in [9.17, 15) is 24.3 Å². The molecule has 1 aromatic heterocycles.